The van der Waals surface area contributed by atoms with Crippen molar-refractivity contribution in [1.29, 1.82) is 0 Å². The van der Waals surface area contributed by atoms with Gasteiger partial charge < -0.3 is 4.98 Å². The Balaban J connectivity index is 2.15. The molecule has 0 amide bonds. The van der Waals surface area contributed by atoms with Gasteiger partial charge in [0.25, 0.3) is 0 Å². The van der Waals surface area contributed by atoms with Crippen LogP contribution >= 0.6 is 0 Å². The highest BCUT2D eigenvalue weighted by molar-refractivity contribution is 7.89. The third-order valence-electron chi connectivity index (χ3n) is 5.68. The maximum atomic E-state index is 13.5. The zero-order valence-electron chi connectivity index (χ0n) is 15.1. The smallest absolute Gasteiger partial charge is 0.244 e. The van der Waals surface area contributed by atoms with E-state index < -0.39 is 10.0 Å². The summed E-state index contributed by atoms with van der Waals surface area (Å²) in [6.07, 6.45) is 3.61. The van der Waals surface area contributed by atoms with Crippen LogP contribution in [0.3, 0.4) is 0 Å². The van der Waals surface area contributed by atoms with Crippen LogP contribution in [0.1, 0.15) is 52.4 Å². The van der Waals surface area contributed by atoms with Crippen molar-refractivity contribution < 1.29 is 8.42 Å². The molecule has 5 heteroatoms. The number of rotatable bonds is 3. The Bertz CT molecular complexity index is 838. The van der Waals surface area contributed by atoms with Crippen LogP contribution in [0, 0.1) is 34.6 Å². The SMILES string of the molecule is Cc1c(C)c(C)c(S(=O)(=O)N2CCC[C@H]2c2ccc[nH]2)c(C)c1C. The first-order valence-electron chi connectivity index (χ1n) is 8.49. The van der Waals surface area contributed by atoms with Crippen LogP contribution in [0.15, 0.2) is 23.2 Å². The largest absolute Gasteiger partial charge is 0.364 e. The second-order valence-corrected chi connectivity index (χ2v) is 8.68. The summed E-state index contributed by atoms with van der Waals surface area (Å²) < 4.78 is 28.7. The minimum atomic E-state index is -3.52. The lowest BCUT2D eigenvalue weighted by Crippen LogP contribution is -2.32. The molecule has 0 unspecified atom stereocenters. The van der Waals surface area contributed by atoms with Gasteiger partial charge >= 0.3 is 0 Å². The molecule has 0 bridgehead atoms. The molecule has 2 heterocycles. The predicted octanol–water partition coefficient (Wildman–Crippen LogP) is 4.08. The van der Waals surface area contributed by atoms with E-state index in [1.165, 1.54) is 5.56 Å². The number of hydrogen-bond acceptors (Lipinski definition) is 2. The van der Waals surface area contributed by atoms with Gasteiger partial charge in [-0.25, -0.2) is 8.42 Å². The second-order valence-electron chi connectivity index (χ2n) is 6.85. The van der Waals surface area contributed by atoms with Gasteiger partial charge in [0.15, 0.2) is 0 Å². The number of nitrogens with zero attached hydrogens (tertiary/aromatic N) is 1. The summed E-state index contributed by atoms with van der Waals surface area (Å²) in [6.45, 7) is 10.5. The van der Waals surface area contributed by atoms with E-state index in [2.05, 4.69) is 11.9 Å². The van der Waals surface area contributed by atoms with Gasteiger partial charge in [-0.05, 0) is 87.4 Å². The molecule has 1 saturated heterocycles. The molecule has 0 saturated carbocycles. The quantitative estimate of drug-likeness (QED) is 0.910. The van der Waals surface area contributed by atoms with Crippen molar-refractivity contribution in [3.05, 3.63) is 51.8 Å². The number of aromatic amines is 1. The van der Waals surface area contributed by atoms with Gasteiger partial charge in [-0.2, -0.15) is 4.31 Å². The summed E-state index contributed by atoms with van der Waals surface area (Å²) in [5.74, 6) is 0. The van der Waals surface area contributed by atoms with Gasteiger partial charge in [0.2, 0.25) is 10.0 Å². The van der Waals surface area contributed by atoms with Crippen LogP contribution in [0.5, 0.6) is 0 Å². The highest BCUT2D eigenvalue weighted by atomic mass is 32.2. The molecule has 0 spiro atoms. The average molecular weight is 346 g/mol. The van der Waals surface area contributed by atoms with Crippen LogP contribution < -0.4 is 0 Å². The summed E-state index contributed by atoms with van der Waals surface area (Å²) >= 11 is 0. The van der Waals surface area contributed by atoms with Gasteiger partial charge in [-0.1, -0.05) is 0 Å². The number of benzene rings is 1. The molecule has 3 rings (SSSR count). The summed E-state index contributed by atoms with van der Waals surface area (Å²) in [5.41, 5.74) is 6.08. The van der Waals surface area contributed by atoms with E-state index in [1.807, 2.05) is 46.0 Å². The number of sulfonamides is 1. The lowest BCUT2D eigenvalue weighted by atomic mass is 9.95. The summed E-state index contributed by atoms with van der Waals surface area (Å²) in [6, 6.07) is 3.81. The minimum absolute atomic E-state index is 0.0919. The van der Waals surface area contributed by atoms with E-state index in [9.17, 15) is 8.42 Å². The van der Waals surface area contributed by atoms with E-state index >= 15 is 0 Å². The Hall–Kier alpha value is -1.59. The Kier molecular flexibility index (Phi) is 4.34. The van der Waals surface area contributed by atoms with E-state index in [0.29, 0.717) is 11.4 Å². The maximum absolute atomic E-state index is 13.5. The molecular weight excluding hydrogens is 320 g/mol. The predicted molar refractivity (Wildman–Crippen MR) is 96.8 cm³/mol. The van der Waals surface area contributed by atoms with E-state index in [4.69, 9.17) is 0 Å². The molecular formula is C19H26N2O2S. The lowest BCUT2D eigenvalue weighted by Gasteiger charge is -2.27. The Morgan fingerprint density at radius 3 is 2.12 bits per heavy atom. The zero-order valence-corrected chi connectivity index (χ0v) is 15.9. The van der Waals surface area contributed by atoms with Gasteiger partial charge in [-0.15, -0.1) is 0 Å². The molecule has 1 fully saturated rings. The van der Waals surface area contributed by atoms with Gasteiger partial charge in [-0.3, -0.25) is 0 Å². The monoisotopic (exact) mass is 346 g/mol. The van der Waals surface area contributed by atoms with Crippen molar-refractivity contribution in [2.24, 2.45) is 0 Å². The van der Waals surface area contributed by atoms with Crippen LogP contribution in [0.4, 0.5) is 0 Å². The number of aromatic nitrogens is 1. The van der Waals surface area contributed by atoms with E-state index in [-0.39, 0.29) is 6.04 Å². The average Bonchev–Trinajstić information content (AvgIpc) is 3.21. The first-order chi connectivity index (χ1) is 11.3. The van der Waals surface area contributed by atoms with E-state index in [1.54, 1.807) is 4.31 Å². The molecule has 2 aromatic rings. The van der Waals surface area contributed by atoms with Crippen molar-refractivity contribution in [2.75, 3.05) is 6.54 Å². The molecule has 24 heavy (non-hydrogen) atoms. The molecule has 0 radical (unpaired) electrons. The first kappa shape index (κ1) is 17.2. The number of nitrogens with one attached hydrogen (secondary N) is 1. The molecule has 1 aromatic carbocycles. The van der Waals surface area contributed by atoms with Crippen molar-refractivity contribution >= 4 is 10.0 Å². The van der Waals surface area contributed by atoms with Gasteiger partial charge in [0.1, 0.15) is 0 Å². The van der Waals surface area contributed by atoms with Crippen LogP contribution in [-0.2, 0) is 10.0 Å². The Labute approximate surface area is 144 Å². The van der Waals surface area contributed by atoms with Crippen LogP contribution in [0.2, 0.25) is 0 Å². The lowest BCUT2D eigenvalue weighted by molar-refractivity contribution is 0.391. The topological polar surface area (TPSA) is 53.2 Å². The first-order valence-corrected chi connectivity index (χ1v) is 9.93. The van der Waals surface area contributed by atoms with Gasteiger partial charge in [0, 0.05) is 18.4 Å². The molecule has 1 aliphatic rings. The highest BCUT2D eigenvalue weighted by Gasteiger charge is 2.38. The number of H-pyrrole nitrogens is 1. The number of hydrogen-bond donors (Lipinski definition) is 1. The molecule has 130 valence electrons. The van der Waals surface area contributed by atoms with E-state index in [0.717, 1.165) is 40.8 Å². The maximum Gasteiger partial charge on any atom is 0.244 e. The minimum Gasteiger partial charge on any atom is -0.364 e. The van der Waals surface area contributed by atoms with Crippen LogP contribution in [0.25, 0.3) is 0 Å². The molecule has 0 aliphatic carbocycles. The summed E-state index contributed by atoms with van der Waals surface area (Å²) in [7, 11) is -3.52. The van der Waals surface area contributed by atoms with Crippen molar-refractivity contribution in [3.8, 4) is 0 Å². The Morgan fingerprint density at radius 2 is 1.58 bits per heavy atom. The van der Waals surface area contributed by atoms with Crippen molar-refractivity contribution in [1.82, 2.24) is 9.29 Å². The fourth-order valence-electron chi connectivity index (χ4n) is 3.86. The molecule has 1 aliphatic heterocycles. The third kappa shape index (κ3) is 2.50. The van der Waals surface area contributed by atoms with Crippen molar-refractivity contribution in [3.63, 3.8) is 0 Å². The molecule has 1 aromatic heterocycles. The zero-order chi connectivity index (χ0) is 17.6. The highest BCUT2D eigenvalue weighted by Crippen LogP contribution is 2.39. The van der Waals surface area contributed by atoms with Crippen LogP contribution in [-0.4, -0.2) is 24.3 Å². The molecule has 4 nitrogen and oxygen atoms in total. The molecule has 1 atom stereocenters. The molecule has 1 N–H and O–H groups in total. The normalized spacial score (nSPS) is 19.1. The third-order valence-corrected chi connectivity index (χ3v) is 7.87. The second kappa shape index (κ2) is 6.05. The standard InChI is InChI=1S/C19H26N2O2S/c1-12-13(2)15(4)19(16(5)14(12)3)24(22,23)21-11-7-9-18(21)17-8-6-10-20-17/h6,8,10,18,20H,7,9,11H2,1-5H3/t18-/m0/s1. The summed E-state index contributed by atoms with van der Waals surface area (Å²) in [5, 5.41) is 0. The Morgan fingerprint density at radius 1 is 1.00 bits per heavy atom. The van der Waals surface area contributed by atoms with Crippen molar-refractivity contribution in [2.45, 2.75) is 58.4 Å². The fraction of sp³-hybridized carbons (Fsp3) is 0.474. The summed E-state index contributed by atoms with van der Waals surface area (Å²) in [4.78, 5) is 3.69. The fourth-order valence-corrected chi connectivity index (χ4v) is 6.10. The van der Waals surface area contributed by atoms with Gasteiger partial charge in [0.05, 0.1) is 10.9 Å².